The van der Waals surface area contributed by atoms with Gasteiger partial charge >= 0.3 is 5.97 Å². The van der Waals surface area contributed by atoms with Crippen LogP contribution in [-0.4, -0.2) is 39.7 Å². The SMILES string of the molecule is Cc1ccc(C(O)C(C)N2CCCC2C(=O)O)cc1. The van der Waals surface area contributed by atoms with Gasteiger partial charge in [0.1, 0.15) is 6.04 Å². The molecule has 3 unspecified atom stereocenters. The third-order valence-electron chi connectivity index (χ3n) is 3.98. The topological polar surface area (TPSA) is 60.8 Å². The third kappa shape index (κ3) is 2.96. The minimum absolute atomic E-state index is 0.189. The highest BCUT2D eigenvalue weighted by atomic mass is 16.4. The smallest absolute Gasteiger partial charge is 0.320 e. The molecule has 1 aromatic rings. The van der Waals surface area contributed by atoms with Crippen LogP contribution in [0.2, 0.25) is 0 Å². The fraction of sp³-hybridized carbons (Fsp3) is 0.533. The Morgan fingerprint density at radius 3 is 2.58 bits per heavy atom. The van der Waals surface area contributed by atoms with Crippen molar-refractivity contribution in [3.05, 3.63) is 35.4 Å². The molecule has 0 amide bonds. The molecule has 0 saturated carbocycles. The van der Waals surface area contributed by atoms with Crippen molar-refractivity contribution in [3.63, 3.8) is 0 Å². The monoisotopic (exact) mass is 263 g/mol. The summed E-state index contributed by atoms with van der Waals surface area (Å²) < 4.78 is 0. The minimum atomic E-state index is -0.791. The number of rotatable bonds is 4. The average Bonchev–Trinajstić information content (AvgIpc) is 2.87. The summed E-state index contributed by atoms with van der Waals surface area (Å²) in [7, 11) is 0. The fourth-order valence-corrected chi connectivity index (χ4v) is 2.77. The first-order valence-corrected chi connectivity index (χ1v) is 6.74. The molecule has 1 aromatic carbocycles. The van der Waals surface area contributed by atoms with Crippen LogP contribution in [0, 0.1) is 6.92 Å². The molecule has 2 rings (SSSR count). The van der Waals surface area contributed by atoms with Gasteiger partial charge in [0.05, 0.1) is 6.10 Å². The van der Waals surface area contributed by atoms with Crippen LogP contribution in [0.25, 0.3) is 0 Å². The zero-order chi connectivity index (χ0) is 14.0. The summed E-state index contributed by atoms with van der Waals surface area (Å²) in [5.74, 6) is -0.791. The van der Waals surface area contributed by atoms with Crippen LogP contribution in [0.15, 0.2) is 24.3 Å². The number of benzene rings is 1. The second-order valence-electron chi connectivity index (χ2n) is 5.33. The molecule has 1 saturated heterocycles. The number of likely N-dealkylation sites (tertiary alicyclic amines) is 1. The van der Waals surface area contributed by atoms with E-state index in [1.165, 1.54) is 0 Å². The first kappa shape index (κ1) is 14.0. The zero-order valence-corrected chi connectivity index (χ0v) is 11.4. The second kappa shape index (κ2) is 5.72. The summed E-state index contributed by atoms with van der Waals surface area (Å²) in [6, 6.07) is 7.08. The number of carbonyl (C=O) groups is 1. The van der Waals surface area contributed by atoms with Gasteiger partial charge in [-0.3, -0.25) is 9.69 Å². The summed E-state index contributed by atoms with van der Waals surface area (Å²) in [6.07, 6.45) is 0.892. The summed E-state index contributed by atoms with van der Waals surface area (Å²) in [4.78, 5) is 13.1. The van der Waals surface area contributed by atoms with Gasteiger partial charge in [-0.1, -0.05) is 29.8 Å². The summed E-state index contributed by atoms with van der Waals surface area (Å²) in [5.41, 5.74) is 1.99. The Labute approximate surface area is 113 Å². The molecule has 0 aromatic heterocycles. The molecule has 4 nitrogen and oxygen atoms in total. The molecular weight excluding hydrogens is 242 g/mol. The highest BCUT2D eigenvalue weighted by Gasteiger charge is 2.36. The summed E-state index contributed by atoms with van der Waals surface area (Å²) in [5, 5.41) is 19.6. The van der Waals surface area contributed by atoms with Crippen LogP contribution in [0.1, 0.15) is 37.0 Å². The number of hydrogen-bond donors (Lipinski definition) is 2. The third-order valence-corrected chi connectivity index (χ3v) is 3.98. The van der Waals surface area contributed by atoms with E-state index < -0.39 is 18.1 Å². The molecule has 1 aliphatic rings. The molecular formula is C15H21NO3. The summed E-state index contributed by atoms with van der Waals surface area (Å²) >= 11 is 0. The van der Waals surface area contributed by atoms with Crippen molar-refractivity contribution in [2.75, 3.05) is 6.54 Å². The highest BCUT2D eigenvalue weighted by molar-refractivity contribution is 5.73. The van der Waals surface area contributed by atoms with Crippen molar-refractivity contribution >= 4 is 5.97 Å². The van der Waals surface area contributed by atoms with Gasteiger partial charge < -0.3 is 10.2 Å². The van der Waals surface area contributed by atoms with Crippen molar-refractivity contribution in [2.24, 2.45) is 0 Å². The van der Waals surface area contributed by atoms with E-state index in [1.54, 1.807) is 0 Å². The van der Waals surface area contributed by atoms with E-state index in [0.717, 1.165) is 24.1 Å². The predicted molar refractivity (Wildman–Crippen MR) is 73.0 cm³/mol. The van der Waals surface area contributed by atoms with Crippen LogP contribution in [-0.2, 0) is 4.79 Å². The maximum Gasteiger partial charge on any atom is 0.320 e. The molecule has 4 heteroatoms. The summed E-state index contributed by atoms with van der Waals surface area (Å²) in [6.45, 7) is 4.63. The van der Waals surface area contributed by atoms with Crippen LogP contribution in [0.5, 0.6) is 0 Å². The Bertz CT molecular complexity index is 443. The highest BCUT2D eigenvalue weighted by Crippen LogP contribution is 2.28. The van der Waals surface area contributed by atoms with Crippen molar-refractivity contribution in [3.8, 4) is 0 Å². The standard InChI is InChI=1S/C15H21NO3/c1-10-5-7-12(8-6-10)14(17)11(2)16-9-3-4-13(16)15(18)19/h5-8,11,13-14,17H,3-4,9H2,1-2H3,(H,18,19). The molecule has 2 N–H and O–H groups in total. The van der Waals surface area contributed by atoms with Crippen LogP contribution in [0.3, 0.4) is 0 Å². The van der Waals surface area contributed by atoms with Gasteiger partial charge in [-0.2, -0.15) is 0 Å². The minimum Gasteiger partial charge on any atom is -0.480 e. The van der Waals surface area contributed by atoms with Crippen LogP contribution in [0.4, 0.5) is 0 Å². The van der Waals surface area contributed by atoms with Gasteiger partial charge in [0.25, 0.3) is 0 Å². The van der Waals surface area contributed by atoms with Gasteiger partial charge in [-0.15, -0.1) is 0 Å². The van der Waals surface area contributed by atoms with Crippen LogP contribution < -0.4 is 0 Å². The Balaban J connectivity index is 2.12. The van der Waals surface area contributed by atoms with Gasteiger partial charge in [0, 0.05) is 6.04 Å². The van der Waals surface area contributed by atoms with E-state index in [2.05, 4.69) is 0 Å². The van der Waals surface area contributed by atoms with E-state index in [1.807, 2.05) is 43.0 Å². The lowest BCUT2D eigenvalue weighted by atomic mass is 10.0. The Morgan fingerprint density at radius 1 is 1.37 bits per heavy atom. The maximum absolute atomic E-state index is 11.2. The van der Waals surface area contributed by atoms with Crippen molar-refractivity contribution in [1.82, 2.24) is 4.90 Å². The van der Waals surface area contributed by atoms with Gasteiger partial charge in [0.2, 0.25) is 0 Å². The fourth-order valence-electron chi connectivity index (χ4n) is 2.77. The molecule has 0 bridgehead atoms. The van der Waals surface area contributed by atoms with Gasteiger partial charge in [-0.25, -0.2) is 0 Å². The molecule has 19 heavy (non-hydrogen) atoms. The van der Waals surface area contributed by atoms with Crippen molar-refractivity contribution in [1.29, 1.82) is 0 Å². The molecule has 3 atom stereocenters. The predicted octanol–water partition coefficient (Wildman–Crippen LogP) is 1.97. The quantitative estimate of drug-likeness (QED) is 0.872. The normalized spacial score (nSPS) is 23.2. The lowest BCUT2D eigenvalue weighted by Gasteiger charge is -2.32. The van der Waals surface area contributed by atoms with E-state index in [-0.39, 0.29) is 6.04 Å². The molecule has 1 aliphatic heterocycles. The zero-order valence-electron chi connectivity index (χ0n) is 11.4. The number of aryl methyl sites for hydroxylation is 1. The van der Waals surface area contributed by atoms with E-state index in [0.29, 0.717) is 6.42 Å². The molecule has 0 radical (unpaired) electrons. The number of nitrogens with zero attached hydrogens (tertiary/aromatic N) is 1. The number of aliphatic carboxylic acids is 1. The van der Waals surface area contributed by atoms with Crippen molar-refractivity contribution < 1.29 is 15.0 Å². The number of aliphatic hydroxyl groups is 1. The Morgan fingerprint density at radius 2 is 2.00 bits per heavy atom. The maximum atomic E-state index is 11.2. The Hall–Kier alpha value is -1.39. The molecule has 0 aliphatic carbocycles. The molecule has 0 spiro atoms. The van der Waals surface area contributed by atoms with E-state index in [9.17, 15) is 15.0 Å². The molecule has 104 valence electrons. The Kier molecular flexibility index (Phi) is 4.22. The van der Waals surface area contributed by atoms with Crippen LogP contribution >= 0.6 is 0 Å². The first-order valence-electron chi connectivity index (χ1n) is 6.74. The largest absolute Gasteiger partial charge is 0.480 e. The lowest BCUT2D eigenvalue weighted by molar-refractivity contribution is -0.143. The lowest BCUT2D eigenvalue weighted by Crippen LogP contribution is -2.44. The number of carboxylic acid groups (broad SMARTS) is 1. The van der Waals surface area contributed by atoms with E-state index >= 15 is 0 Å². The number of hydrogen-bond acceptors (Lipinski definition) is 3. The second-order valence-corrected chi connectivity index (χ2v) is 5.33. The molecule has 1 fully saturated rings. The first-order chi connectivity index (χ1) is 9.00. The number of aliphatic hydroxyl groups excluding tert-OH is 1. The van der Waals surface area contributed by atoms with Gasteiger partial charge in [-0.05, 0) is 38.8 Å². The molecule has 1 heterocycles. The van der Waals surface area contributed by atoms with E-state index in [4.69, 9.17) is 0 Å². The van der Waals surface area contributed by atoms with Crippen molar-refractivity contribution in [2.45, 2.75) is 44.9 Å². The average molecular weight is 263 g/mol. The number of carboxylic acids is 1. The van der Waals surface area contributed by atoms with Gasteiger partial charge in [0.15, 0.2) is 0 Å².